The minimum absolute atomic E-state index is 0.722. The van der Waals surface area contributed by atoms with Gasteiger partial charge in [-0.15, -0.1) is 0 Å². The topological polar surface area (TPSA) is 15.3 Å². The van der Waals surface area contributed by atoms with E-state index in [1.54, 1.807) is 6.08 Å². The molecule has 0 heterocycles. The maximum Gasteiger partial charge on any atom is 0.171 e. The molecule has 0 spiro atoms. The van der Waals surface area contributed by atoms with Crippen LogP contribution in [-0.2, 0) is 0 Å². The van der Waals surface area contributed by atoms with Crippen molar-refractivity contribution in [2.75, 3.05) is 27.2 Å². The van der Waals surface area contributed by atoms with Gasteiger partial charge in [0.2, 0.25) is 0 Å². The molecule has 0 atom stereocenters. The number of hydrogen-bond acceptors (Lipinski definition) is 2. The third-order valence-electron chi connectivity index (χ3n) is 1.32. The summed E-state index contributed by atoms with van der Waals surface area (Å²) in [6.07, 6.45) is 4.98. The second-order valence-corrected chi connectivity index (χ2v) is 3.80. The average molecular weight is 182 g/mol. The Kier molecular flexibility index (Phi) is 8.43. The molecule has 2 nitrogen and oxygen atoms in total. The lowest BCUT2D eigenvalue weighted by atomic mass is 10.4. The van der Waals surface area contributed by atoms with Crippen LogP contribution in [0.1, 0.15) is 6.42 Å². The summed E-state index contributed by atoms with van der Waals surface area (Å²) in [6, 6.07) is 0. The lowest BCUT2D eigenvalue weighted by Crippen LogP contribution is -2.23. The molecule has 0 rings (SSSR count). The highest BCUT2D eigenvalue weighted by Crippen LogP contribution is 1.79. The van der Waals surface area contributed by atoms with Crippen molar-refractivity contribution in [1.82, 2.24) is 9.88 Å². The Morgan fingerprint density at radius 3 is 2.83 bits per heavy atom. The van der Waals surface area contributed by atoms with Gasteiger partial charge in [0.1, 0.15) is 0 Å². The molecule has 3 heteroatoms. The first-order valence-electron chi connectivity index (χ1n) is 4.18. The van der Waals surface area contributed by atoms with Gasteiger partial charge in [0.05, 0.1) is 0 Å². The fourth-order valence-corrected chi connectivity index (χ4v) is 1.40. The summed E-state index contributed by atoms with van der Waals surface area (Å²) < 4.78 is 0. The molecule has 0 amide bonds. The second kappa shape index (κ2) is 8.71. The zero-order valence-corrected chi connectivity index (χ0v) is 9.01. The van der Waals surface area contributed by atoms with Crippen LogP contribution >= 0.6 is 0 Å². The normalized spacial score (nSPS) is 11.2. The molecule has 1 N–H and O–H groups in total. The van der Waals surface area contributed by atoms with Crippen molar-refractivity contribution >= 4 is 9.68 Å². The Bertz CT molecular complexity index is 132. The SMILES string of the molecule is C=C/C=C/[Si]NCCCN(C)C. The molecule has 0 aliphatic rings. The van der Waals surface area contributed by atoms with E-state index in [4.69, 9.17) is 0 Å². The van der Waals surface area contributed by atoms with Crippen LogP contribution in [0.25, 0.3) is 0 Å². The number of allylic oxidation sites excluding steroid dienone is 2. The van der Waals surface area contributed by atoms with Crippen LogP contribution in [0.15, 0.2) is 24.4 Å². The zero-order chi connectivity index (χ0) is 9.23. The number of rotatable bonds is 7. The van der Waals surface area contributed by atoms with Gasteiger partial charge in [0, 0.05) is 0 Å². The first kappa shape index (κ1) is 11.6. The molecule has 0 aromatic heterocycles. The standard InChI is InChI=1S/C9H18N2Si/c1-4-5-9-12-10-7-6-8-11(2)3/h4-5,9-10H,1,6-8H2,2-3H3/b9-5+. The molecule has 2 radical (unpaired) electrons. The summed E-state index contributed by atoms with van der Waals surface area (Å²) >= 11 is 0. The quantitative estimate of drug-likeness (QED) is 0.357. The monoisotopic (exact) mass is 182 g/mol. The van der Waals surface area contributed by atoms with E-state index < -0.39 is 0 Å². The van der Waals surface area contributed by atoms with Crippen LogP contribution in [-0.4, -0.2) is 41.8 Å². The van der Waals surface area contributed by atoms with Crippen molar-refractivity contribution in [1.29, 1.82) is 0 Å². The molecule has 0 saturated heterocycles. The maximum absolute atomic E-state index is 3.60. The first-order valence-corrected chi connectivity index (χ1v) is 5.26. The van der Waals surface area contributed by atoms with Crippen molar-refractivity contribution in [3.63, 3.8) is 0 Å². The van der Waals surface area contributed by atoms with Gasteiger partial charge in [-0.2, -0.15) is 0 Å². The summed E-state index contributed by atoms with van der Waals surface area (Å²) in [5, 5.41) is 0. The predicted octanol–water partition coefficient (Wildman–Crippen LogP) is 0.847. The third kappa shape index (κ3) is 9.62. The van der Waals surface area contributed by atoms with E-state index in [-0.39, 0.29) is 0 Å². The maximum atomic E-state index is 3.60. The van der Waals surface area contributed by atoms with Gasteiger partial charge < -0.3 is 9.88 Å². The second-order valence-electron chi connectivity index (χ2n) is 2.82. The van der Waals surface area contributed by atoms with E-state index in [0.717, 1.165) is 22.8 Å². The van der Waals surface area contributed by atoms with Crippen LogP contribution in [0.4, 0.5) is 0 Å². The van der Waals surface area contributed by atoms with E-state index in [1.807, 2.05) is 6.08 Å². The lowest BCUT2D eigenvalue weighted by molar-refractivity contribution is 0.400. The fourth-order valence-electron chi connectivity index (χ4n) is 0.731. The summed E-state index contributed by atoms with van der Waals surface area (Å²) in [6.45, 7) is 5.85. The van der Waals surface area contributed by atoms with Crippen LogP contribution in [0.2, 0.25) is 0 Å². The molecule has 12 heavy (non-hydrogen) atoms. The molecule has 0 aromatic rings. The van der Waals surface area contributed by atoms with Gasteiger partial charge in [-0.25, -0.2) is 0 Å². The Hall–Kier alpha value is -0.383. The molecule has 0 unspecified atom stereocenters. The fraction of sp³-hybridized carbons (Fsp3) is 0.556. The average Bonchev–Trinajstić information content (AvgIpc) is 2.02. The van der Waals surface area contributed by atoms with Gasteiger partial charge in [0.15, 0.2) is 9.68 Å². The Morgan fingerprint density at radius 2 is 2.25 bits per heavy atom. The van der Waals surface area contributed by atoms with Crippen LogP contribution in [0, 0.1) is 0 Å². The molecular formula is C9H18N2Si. The van der Waals surface area contributed by atoms with Gasteiger partial charge >= 0.3 is 0 Å². The summed E-state index contributed by atoms with van der Waals surface area (Å²) in [7, 11) is 4.92. The van der Waals surface area contributed by atoms with Crippen molar-refractivity contribution in [2.24, 2.45) is 0 Å². The molecule has 0 aliphatic carbocycles. The number of nitrogens with zero attached hydrogens (tertiary/aromatic N) is 1. The van der Waals surface area contributed by atoms with E-state index in [2.05, 4.69) is 36.3 Å². The van der Waals surface area contributed by atoms with Gasteiger partial charge in [-0.1, -0.05) is 24.4 Å². The van der Waals surface area contributed by atoms with E-state index >= 15 is 0 Å². The third-order valence-corrected chi connectivity index (χ3v) is 2.14. The molecule has 0 aromatic carbocycles. The molecule has 0 saturated carbocycles. The molecule has 0 fully saturated rings. The van der Waals surface area contributed by atoms with Gasteiger partial charge in [-0.05, 0) is 33.6 Å². The molecule has 0 bridgehead atoms. The van der Waals surface area contributed by atoms with E-state index in [1.165, 1.54) is 6.42 Å². The summed E-state index contributed by atoms with van der Waals surface area (Å²) in [5.74, 6) is 0. The van der Waals surface area contributed by atoms with Crippen molar-refractivity contribution < 1.29 is 0 Å². The van der Waals surface area contributed by atoms with Crippen LogP contribution in [0.5, 0.6) is 0 Å². The van der Waals surface area contributed by atoms with Crippen LogP contribution < -0.4 is 4.98 Å². The highest BCUT2D eigenvalue weighted by molar-refractivity contribution is 6.38. The molecular weight excluding hydrogens is 164 g/mol. The highest BCUT2D eigenvalue weighted by Gasteiger charge is 1.88. The zero-order valence-electron chi connectivity index (χ0n) is 8.01. The smallest absolute Gasteiger partial charge is 0.171 e. The number of hydrogen-bond donors (Lipinski definition) is 1. The van der Waals surface area contributed by atoms with Crippen molar-refractivity contribution in [3.05, 3.63) is 24.4 Å². The Balaban J connectivity index is 3.00. The van der Waals surface area contributed by atoms with Crippen molar-refractivity contribution in [2.45, 2.75) is 6.42 Å². The lowest BCUT2D eigenvalue weighted by Gasteiger charge is -2.08. The highest BCUT2D eigenvalue weighted by atomic mass is 28.2. The minimum Gasteiger partial charge on any atom is -0.336 e. The first-order chi connectivity index (χ1) is 5.77. The number of nitrogens with one attached hydrogen (secondary N) is 1. The van der Waals surface area contributed by atoms with Crippen molar-refractivity contribution in [3.8, 4) is 0 Å². The van der Waals surface area contributed by atoms with Gasteiger partial charge in [0.25, 0.3) is 0 Å². The molecule has 0 aliphatic heterocycles. The van der Waals surface area contributed by atoms with Crippen LogP contribution in [0.3, 0.4) is 0 Å². The van der Waals surface area contributed by atoms with Gasteiger partial charge in [-0.3, -0.25) is 0 Å². The van der Waals surface area contributed by atoms with E-state index in [9.17, 15) is 0 Å². The Labute approximate surface area is 78.2 Å². The predicted molar refractivity (Wildman–Crippen MR) is 56.3 cm³/mol. The van der Waals surface area contributed by atoms with E-state index in [0.29, 0.717) is 0 Å². The summed E-state index contributed by atoms with van der Waals surface area (Å²) in [4.78, 5) is 5.54. The molecule has 68 valence electrons. The minimum atomic E-state index is 0.722. The summed E-state index contributed by atoms with van der Waals surface area (Å²) in [5.41, 5.74) is 2.10. The Morgan fingerprint density at radius 1 is 1.50 bits per heavy atom. The largest absolute Gasteiger partial charge is 0.336 e.